The highest BCUT2D eigenvalue weighted by Crippen LogP contribution is 2.24. The van der Waals surface area contributed by atoms with Gasteiger partial charge in [0.25, 0.3) is 0 Å². The zero-order valence-electron chi connectivity index (χ0n) is 13.8. The van der Waals surface area contributed by atoms with E-state index in [9.17, 15) is 9.90 Å². The van der Waals surface area contributed by atoms with E-state index in [1.807, 2.05) is 20.8 Å². The van der Waals surface area contributed by atoms with Crippen molar-refractivity contribution in [3.63, 3.8) is 0 Å². The Morgan fingerprint density at radius 1 is 1.20 bits per heavy atom. The third kappa shape index (κ3) is 9.10. The second-order valence-electron chi connectivity index (χ2n) is 7.25. The number of carbonyl (C=O) groups is 1. The van der Waals surface area contributed by atoms with Gasteiger partial charge in [-0.15, -0.1) is 0 Å². The number of nitrogens with one attached hydrogen (secondary N) is 2. The molecule has 0 spiro atoms. The smallest absolute Gasteiger partial charge is 0.243 e. The van der Waals surface area contributed by atoms with Crippen LogP contribution in [0.25, 0.3) is 0 Å². The molecule has 0 radical (unpaired) electrons. The molecule has 0 saturated carbocycles. The molecule has 0 fully saturated rings. The molecule has 0 aromatic carbocycles. The molecule has 1 atom stereocenters. The van der Waals surface area contributed by atoms with Crippen molar-refractivity contribution in [3.05, 3.63) is 12.7 Å². The fourth-order valence-electron chi connectivity index (χ4n) is 1.69. The van der Waals surface area contributed by atoms with E-state index in [1.165, 1.54) is 6.08 Å². The molecule has 1 amide bonds. The molecule has 0 bridgehead atoms. The van der Waals surface area contributed by atoms with Gasteiger partial charge in [-0.2, -0.15) is 0 Å². The Hall–Kier alpha value is -0.870. The van der Waals surface area contributed by atoms with Crippen molar-refractivity contribution >= 4 is 5.91 Å². The zero-order valence-corrected chi connectivity index (χ0v) is 13.8. The number of rotatable bonds is 9. The fraction of sp³-hybridized carbons (Fsp3) is 0.812. The summed E-state index contributed by atoms with van der Waals surface area (Å²) in [7, 11) is 0. The van der Waals surface area contributed by atoms with E-state index >= 15 is 0 Å². The van der Waals surface area contributed by atoms with Gasteiger partial charge in [0.2, 0.25) is 5.91 Å². The van der Waals surface area contributed by atoms with Crippen LogP contribution in [0.15, 0.2) is 12.7 Å². The second-order valence-corrected chi connectivity index (χ2v) is 7.25. The molecule has 0 saturated heterocycles. The highest BCUT2D eigenvalue weighted by molar-refractivity contribution is 5.86. The van der Waals surface area contributed by atoms with Crippen LogP contribution in [-0.2, 0) is 4.79 Å². The first kappa shape index (κ1) is 19.1. The Labute approximate surface area is 124 Å². The topological polar surface area (TPSA) is 61.4 Å². The number of hydrogen-bond donors (Lipinski definition) is 3. The number of aliphatic hydroxyl groups is 1. The molecule has 3 N–H and O–H groups in total. The molecule has 0 aromatic heterocycles. The lowest BCUT2D eigenvalue weighted by Crippen LogP contribution is -2.38. The van der Waals surface area contributed by atoms with Crippen molar-refractivity contribution in [3.8, 4) is 0 Å². The molecule has 0 heterocycles. The summed E-state index contributed by atoms with van der Waals surface area (Å²) in [6.45, 7) is 16.1. The maximum Gasteiger partial charge on any atom is 0.243 e. The van der Waals surface area contributed by atoms with E-state index in [2.05, 4.69) is 31.1 Å². The maximum absolute atomic E-state index is 11.1. The monoisotopic (exact) mass is 284 g/mol. The van der Waals surface area contributed by atoms with Crippen LogP contribution in [0.3, 0.4) is 0 Å². The van der Waals surface area contributed by atoms with Crippen LogP contribution in [0, 0.1) is 10.8 Å². The van der Waals surface area contributed by atoms with Gasteiger partial charge in [0.05, 0.1) is 6.10 Å². The van der Waals surface area contributed by atoms with Crippen LogP contribution in [0.1, 0.15) is 47.5 Å². The molecular formula is C16H32N2O2. The molecule has 4 nitrogen and oxygen atoms in total. The molecule has 4 heteroatoms. The van der Waals surface area contributed by atoms with Gasteiger partial charge in [0.15, 0.2) is 0 Å². The van der Waals surface area contributed by atoms with Crippen LogP contribution in [0.4, 0.5) is 0 Å². The first-order valence-electron chi connectivity index (χ1n) is 7.37. The van der Waals surface area contributed by atoms with Crippen molar-refractivity contribution in [2.24, 2.45) is 10.8 Å². The summed E-state index contributed by atoms with van der Waals surface area (Å²) in [5.41, 5.74) is 0.0750. The number of carbonyl (C=O) groups excluding carboxylic acids is 1. The van der Waals surface area contributed by atoms with Gasteiger partial charge in [0, 0.05) is 13.1 Å². The van der Waals surface area contributed by atoms with E-state index in [-0.39, 0.29) is 22.8 Å². The number of amides is 1. The highest BCUT2D eigenvalue weighted by Gasteiger charge is 2.22. The van der Waals surface area contributed by atoms with Crippen molar-refractivity contribution in [2.45, 2.75) is 53.6 Å². The molecular weight excluding hydrogens is 252 g/mol. The largest absolute Gasteiger partial charge is 0.391 e. The summed E-state index contributed by atoms with van der Waals surface area (Å²) in [4.78, 5) is 11.1. The van der Waals surface area contributed by atoms with Crippen molar-refractivity contribution in [1.82, 2.24) is 10.6 Å². The van der Waals surface area contributed by atoms with Gasteiger partial charge in [-0.25, -0.2) is 0 Å². The summed E-state index contributed by atoms with van der Waals surface area (Å²) in [5.74, 6) is -0.118. The van der Waals surface area contributed by atoms with E-state index in [0.717, 1.165) is 19.4 Å². The first-order chi connectivity index (χ1) is 9.08. The average molecular weight is 284 g/mol. The van der Waals surface area contributed by atoms with Gasteiger partial charge in [-0.3, -0.25) is 4.79 Å². The molecule has 0 aliphatic heterocycles. The molecule has 1 unspecified atom stereocenters. The lowest BCUT2D eigenvalue weighted by atomic mass is 9.85. The predicted octanol–water partition coefficient (Wildman–Crippen LogP) is 2.09. The van der Waals surface area contributed by atoms with Crippen molar-refractivity contribution < 1.29 is 9.90 Å². The summed E-state index contributed by atoms with van der Waals surface area (Å²) in [5, 5.41) is 16.0. The van der Waals surface area contributed by atoms with Crippen LogP contribution >= 0.6 is 0 Å². The van der Waals surface area contributed by atoms with Gasteiger partial charge < -0.3 is 15.7 Å². The Kier molecular flexibility index (Phi) is 8.06. The average Bonchev–Trinajstić information content (AvgIpc) is 2.32. The fourth-order valence-corrected chi connectivity index (χ4v) is 1.69. The minimum atomic E-state index is -0.336. The third-order valence-corrected chi connectivity index (χ3v) is 3.60. The zero-order chi connectivity index (χ0) is 15.8. The Morgan fingerprint density at radius 2 is 1.75 bits per heavy atom. The van der Waals surface area contributed by atoms with Gasteiger partial charge >= 0.3 is 0 Å². The third-order valence-electron chi connectivity index (χ3n) is 3.60. The van der Waals surface area contributed by atoms with Crippen molar-refractivity contribution in [1.29, 1.82) is 0 Å². The SMILES string of the molecule is C=CC(=O)NCCC(C)(C)CCNCC(O)C(C)(C)C. The molecule has 0 rings (SSSR count). The number of aliphatic hydroxyl groups excluding tert-OH is 1. The summed E-state index contributed by atoms with van der Waals surface area (Å²) >= 11 is 0. The van der Waals surface area contributed by atoms with Gasteiger partial charge in [-0.1, -0.05) is 41.2 Å². The molecule has 0 aromatic rings. The van der Waals surface area contributed by atoms with E-state index in [0.29, 0.717) is 13.1 Å². The van der Waals surface area contributed by atoms with Crippen LogP contribution < -0.4 is 10.6 Å². The van der Waals surface area contributed by atoms with Crippen molar-refractivity contribution in [2.75, 3.05) is 19.6 Å². The Morgan fingerprint density at radius 3 is 2.25 bits per heavy atom. The number of hydrogen-bond acceptors (Lipinski definition) is 3. The Balaban J connectivity index is 3.82. The molecule has 0 aliphatic rings. The maximum atomic E-state index is 11.1. The van der Waals surface area contributed by atoms with Crippen LogP contribution in [0.5, 0.6) is 0 Å². The minimum Gasteiger partial charge on any atom is -0.391 e. The minimum absolute atomic E-state index is 0.0858. The van der Waals surface area contributed by atoms with E-state index in [4.69, 9.17) is 0 Å². The summed E-state index contributed by atoms with van der Waals surface area (Å²) in [6, 6.07) is 0. The Bertz CT molecular complexity index is 306. The summed E-state index contributed by atoms with van der Waals surface area (Å²) in [6.07, 6.45) is 2.89. The van der Waals surface area contributed by atoms with Gasteiger partial charge in [0.1, 0.15) is 0 Å². The highest BCUT2D eigenvalue weighted by atomic mass is 16.3. The molecule has 0 aliphatic carbocycles. The molecule has 118 valence electrons. The lowest BCUT2D eigenvalue weighted by molar-refractivity contribution is -0.116. The van der Waals surface area contributed by atoms with E-state index in [1.54, 1.807) is 0 Å². The summed E-state index contributed by atoms with van der Waals surface area (Å²) < 4.78 is 0. The predicted molar refractivity (Wildman–Crippen MR) is 84.6 cm³/mol. The van der Waals surface area contributed by atoms with Crippen LogP contribution in [0.2, 0.25) is 0 Å². The van der Waals surface area contributed by atoms with Gasteiger partial charge in [-0.05, 0) is 36.3 Å². The van der Waals surface area contributed by atoms with Crippen LogP contribution in [-0.4, -0.2) is 36.8 Å². The lowest BCUT2D eigenvalue weighted by Gasteiger charge is -2.28. The van der Waals surface area contributed by atoms with E-state index < -0.39 is 0 Å². The second kappa shape index (κ2) is 8.42. The standard InChI is InChI=1S/C16H32N2O2/c1-7-14(20)18-11-9-16(5,6)8-10-17-12-13(19)15(2,3)4/h7,13,17,19H,1,8-12H2,2-6H3,(H,18,20). The quantitative estimate of drug-likeness (QED) is 0.449. The molecule has 20 heavy (non-hydrogen) atoms. The first-order valence-corrected chi connectivity index (χ1v) is 7.37. The normalized spacial score (nSPS) is 13.9.